The van der Waals surface area contributed by atoms with E-state index in [1.807, 2.05) is 0 Å². The Kier molecular flexibility index (Phi) is 6.09. The quantitative estimate of drug-likeness (QED) is 0.806. The summed E-state index contributed by atoms with van der Waals surface area (Å²) < 4.78 is 25.6. The lowest BCUT2D eigenvalue weighted by atomic mass is 10.1. The molecule has 4 nitrogen and oxygen atoms in total. The van der Waals surface area contributed by atoms with Gasteiger partial charge in [-0.2, -0.15) is 0 Å². The van der Waals surface area contributed by atoms with Gasteiger partial charge in [-0.15, -0.1) is 0 Å². The van der Waals surface area contributed by atoms with Crippen molar-refractivity contribution >= 4 is 11.9 Å². The van der Waals surface area contributed by atoms with E-state index in [1.165, 1.54) is 13.0 Å². The largest absolute Gasteiger partial charge is 0.481 e. The van der Waals surface area contributed by atoms with Gasteiger partial charge in [0.1, 0.15) is 0 Å². The number of rotatable bonds is 7. The maximum atomic E-state index is 12.9. The number of hydrogen-bond donors (Lipinski definition) is 2. The van der Waals surface area contributed by atoms with Crippen molar-refractivity contribution in [2.45, 2.75) is 26.2 Å². The van der Waals surface area contributed by atoms with E-state index in [0.29, 0.717) is 18.4 Å². The number of hydrogen-bond acceptors (Lipinski definition) is 2. The van der Waals surface area contributed by atoms with Gasteiger partial charge in [-0.1, -0.05) is 13.0 Å². The molecule has 6 heteroatoms. The fourth-order valence-corrected chi connectivity index (χ4v) is 1.59. The van der Waals surface area contributed by atoms with Gasteiger partial charge in [0.05, 0.1) is 5.92 Å². The highest BCUT2D eigenvalue weighted by atomic mass is 19.2. The molecule has 0 radical (unpaired) electrons. The minimum Gasteiger partial charge on any atom is -0.481 e. The second kappa shape index (κ2) is 7.57. The van der Waals surface area contributed by atoms with E-state index in [-0.39, 0.29) is 18.9 Å². The van der Waals surface area contributed by atoms with Gasteiger partial charge in [0.2, 0.25) is 5.91 Å². The summed E-state index contributed by atoms with van der Waals surface area (Å²) in [6.45, 7) is 1.59. The summed E-state index contributed by atoms with van der Waals surface area (Å²) in [7, 11) is 0. The van der Waals surface area contributed by atoms with Crippen LogP contribution in [-0.2, 0) is 16.0 Å². The molecule has 20 heavy (non-hydrogen) atoms. The van der Waals surface area contributed by atoms with E-state index < -0.39 is 23.5 Å². The molecule has 1 rings (SSSR count). The number of carbonyl (C=O) groups is 2. The molecule has 1 amide bonds. The number of nitrogens with one attached hydrogen (secondary N) is 1. The van der Waals surface area contributed by atoms with Crippen LogP contribution in [0.15, 0.2) is 18.2 Å². The van der Waals surface area contributed by atoms with Gasteiger partial charge in [0.25, 0.3) is 0 Å². The van der Waals surface area contributed by atoms with Gasteiger partial charge >= 0.3 is 5.97 Å². The molecule has 0 saturated heterocycles. The normalized spacial score (nSPS) is 11.9. The smallest absolute Gasteiger partial charge is 0.308 e. The number of carbonyl (C=O) groups excluding carboxylic acids is 1. The maximum Gasteiger partial charge on any atom is 0.308 e. The second-order valence-electron chi connectivity index (χ2n) is 4.65. The topological polar surface area (TPSA) is 66.4 Å². The molecule has 2 N–H and O–H groups in total. The minimum atomic E-state index is -0.966. The summed E-state index contributed by atoms with van der Waals surface area (Å²) in [6, 6.07) is 3.64. The van der Waals surface area contributed by atoms with Crippen LogP contribution in [0.2, 0.25) is 0 Å². The number of aliphatic carboxylic acids is 1. The number of carboxylic acids is 1. The maximum absolute atomic E-state index is 12.9. The number of carboxylic acid groups (broad SMARTS) is 1. The molecular weight excluding hydrogens is 268 g/mol. The van der Waals surface area contributed by atoms with Crippen molar-refractivity contribution in [1.82, 2.24) is 5.32 Å². The third-order valence-corrected chi connectivity index (χ3v) is 2.88. The highest BCUT2D eigenvalue weighted by molar-refractivity contribution is 5.77. The summed E-state index contributed by atoms with van der Waals surface area (Å²) >= 11 is 0. The zero-order chi connectivity index (χ0) is 15.1. The molecule has 0 heterocycles. The Morgan fingerprint density at radius 2 is 2.00 bits per heavy atom. The number of benzene rings is 1. The summed E-state index contributed by atoms with van der Waals surface area (Å²) in [6.07, 6.45) is 1.16. The predicted octanol–water partition coefficient (Wildman–Crippen LogP) is 2.12. The van der Waals surface area contributed by atoms with E-state index in [9.17, 15) is 18.4 Å². The predicted molar refractivity (Wildman–Crippen MR) is 69.1 cm³/mol. The first-order chi connectivity index (χ1) is 9.40. The fraction of sp³-hybridized carbons (Fsp3) is 0.429. The molecule has 1 unspecified atom stereocenters. The van der Waals surface area contributed by atoms with E-state index in [1.54, 1.807) is 0 Å². The summed E-state index contributed by atoms with van der Waals surface area (Å²) in [5.74, 6) is -3.64. The third-order valence-electron chi connectivity index (χ3n) is 2.88. The number of halogens is 2. The summed E-state index contributed by atoms with van der Waals surface area (Å²) in [5.41, 5.74) is 0.621. The molecule has 0 aliphatic carbocycles. The van der Waals surface area contributed by atoms with Gasteiger partial charge in [0, 0.05) is 13.0 Å². The lowest BCUT2D eigenvalue weighted by Gasteiger charge is -2.08. The van der Waals surface area contributed by atoms with Crippen molar-refractivity contribution in [2.24, 2.45) is 5.92 Å². The minimum absolute atomic E-state index is 0.0827. The van der Waals surface area contributed by atoms with E-state index in [0.717, 1.165) is 12.1 Å². The van der Waals surface area contributed by atoms with Gasteiger partial charge in [-0.3, -0.25) is 9.59 Å². The lowest BCUT2D eigenvalue weighted by molar-refractivity contribution is -0.141. The highest BCUT2D eigenvalue weighted by Gasteiger charge is 2.12. The van der Waals surface area contributed by atoms with Gasteiger partial charge in [-0.25, -0.2) is 8.78 Å². The Morgan fingerprint density at radius 1 is 1.30 bits per heavy atom. The molecule has 110 valence electrons. The highest BCUT2D eigenvalue weighted by Crippen LogP contribution is 2.11. The lowest BCUT2D eigenvalue weighted by Crippen LogP contribution is -2.31. The van der Waals surface area contributed by atoms with E-state index in [4.69, 9.17) is 5.11 Å². The van der Waals surface area contributed by atoms with Crippen LogP contribution in [0.25, 0.3) is 0 Å². The number of amides is 1. The Hall–Kier alpha value is -1.98. The fourth-order valence-electron chi connectivity index (χ4n) is 1.59. The average molecular weight is 285 g/mol. The molecule has 0 fully saturated rings. The monoisotopic (exact) mass is 285 g/mol. The van der Waals surface area contributed by atoms with Crippen molar-refractivity contribution < 1.29 is 23.5 Å². The van der Waals surface area contributed by atoms with Crippen LogP contribution in [0, 0.1) is 17.6 Å². The zero-order valence-corrected chi connectivity index (χ0v) is 11.2. The summed E-state index contributed by atoms with van der Waals surface area (Å²) in [5, 5.41) is 11.2. The van der Waals surface area contributed by atoms with Crippen LogP contribution < -0.4 is 5.32 Å². The van der Waals surface area contributed by atoms with Crippen LogP contribution in [0.5, 0.6) is 0 Å². The Balaban J connectivity index is 2.28. The van der Waals surface area contributed by atoms with Crippen LogP contribution in [-0.4, -0.2) is 23.5 Å². The zero-order valence-electron chi connectivity index (χ0n) is 11.2. The molecule has 0 spiro atoms. The Labute approximate surface area is 115 Å². The standard InChI is InChI=1S/C14H17F2NO3/c1-9(14(19)20)8-17-13(18)4-2-3-10-5-6-11(15)12(16)7-10/h5-7,9H,2-4,8H2,1H3,(H,17,18)(H,19,20). The van der Waals surface area contributed by atoms with Crippen molar-refractivity contribution in [3.8, 4) is 0 Å². The first-order valence-electron chi connectivity index (χ1n) is 6.33. The van der Waals surface area contributed by atoms with Crippen LogP contribution in [0.1, 0.15) is 25.3 Å². The molecule has 0 aromatic heterocycles. The molecular formula is C14H17F2NO3. The second-order valence-corrected chi connectivity index (χ2v) is 4.65. The first-order valence-corrected chi connectivity index (χ1v) is 6.33. The molecule has 1 aromatic rings. The van der Waals surface area contributed by atoms with Crippen LogP contribution >= 0.6 is 0 Å². The molecule has 1 atom stereocenters. The summed E-state index contributed by atoms with van der Waals surface area (Å²) in [4.78, 5) is 22.0. The van der Waals surface area contributed by atoms with Crippen molar-refractivity contribution in [3.63, 3.8) is 0 Å². The van der Waals surface area contributed by atoms with Crippen LogP contribution in [0.3, 0.4) is 0 Å². The van der Waals surface area contributed by atoms with Crippen LogP contribution in [0.4, 0.5) is 8.78 Å². The molecule has 0 aliphatic heterocycles. The van der Waals surface area contributed by atoms with Crippen molar-refractivity contribution in [2.75, 3.05) is 6.54 Å². The third kappa shape index (κ3) is 5.34. The molecule has 0 saturated carbocycles. The van der Waals surface area contributed by atoms with E-state index in [2.05, 4.69) is 5.32 Å². The van der Waals surface area contributed by atoms with Gasteiger partial charge < -0.3 is 10.4 Å². The van der Waals surface area contributed by atoms with E-state index >= 15 is 0 Å². The average Bonchev–Trinajstić information content (AvgIpc) is 2.40. The van der Waals surface area contributed by atoms with Gasteiger partial charge in [-0.05, 0) is 30.5 Å². The van der Waals surface area contributed by atoms with Crippen molar-refractivity contribution in [3.05, 3.63) is 35.4 Å². The Bertz CT molecular complexity index is 491. The van der Waals surface area contributed by atoms with Crippen molar-refractivity contribution in [1.29, 1.82) is 0 Å². The molecule has 0 aliphatic rings. The molecule has 1 aromatic carbocycles. The van der Waals surface area contributed by atoms with Gasteiger partial charge in [0.15, 0.2) is 11.6 Å². The Morgan fingerprint density at radius 3 is 2.60 bits per heavy atom. The number of aryl methyl sites for hydroxylation is 1. The SMILES string of the molecule is CC(CNC(=O)CCCc1ccc(F)c(F)c1)C(=O)O. The first kappa shape index (κ1) is 16.1. The molecule has 0 bridgehead atoms.